The van der Waals surface area contributed by atoms with Crippen LogP contribution in [0.2, 0.25) is 0 Å². The second-order valence-electron chi connectivity index (χ2n) is 5.45. The topological polar surface area (TPSA) is 64.4 Å². The Kier molecular flexibility index (Phi) is 5.87. The molecule has 0 atom stereocenters. The lowest BCUT2D eigenvalue weighted by Gasteiger charge is -2.08. The smallest absolute Gasteiger partial charge is 0.229 e. The lowest BCUT2D eigenvalue weighted by molar-refractivity contribution is -0.120. The quantitative estimate of drug-likeness (QED) is 0.797. The lowest BCUT2D eigenvalue weighted by atomic mass is 10.2. The van der Waals surface area contributed by atoms with Gasteiger partial charge in [-0.25, -0.2) is 9.37 Å². The first-order valence-electron chi connectivity index (χ1n) is 7.57. The molecule has 0 spiro atoms. The van der Waals surface area contributed by atoms with Gasteiger partial charge in [-0.1, -0.05) is 12.1 Å². The first kappa shape index (κ1) is 17.1. The number of nitrogens with zero attached hydrogens (tertiary/aromatic N) is 1. The summed E-state index contributed by atoms with van der Waals surface area (Å²) in [6.07, 6.45) is 0.221. The van der Waals surface area contributed by atoms with E-state index in [1.165, 1.54) is 6.07 Å². The number of ether oxygens (including phenoxy) is 1. The Morgan fingerprint density at radius 3 is 2.83 bits per heavy atom. The molecule has 0 bridgehead atoms. The Balaban J connectivity index is 1.96. The fraction of sp³-hybridized carbons (Fsp3) is 0.412. The van der Waals surface area contributed by atoms with Crippen molar-refractivity contribution in [3.05, 3.63) is 41.5 Å². The van der Waals surface area contributed by atoms with Crippen molar-refractivity contribution in [2.24, 2.45) is 0 Å². The number of oxazole rings is 1. The molecular formula is C17H21FN2O3. The van der Waals surface area contributed by atoms with E-state index in [0.29, 0.717) is 24.6 Å². The van der Waals surface area contributed by atoms with E-state index in [0.717, 1.165) is 0 Å². The van der Waals surface area contributed by atoms with Gasteiger partial charge in [-0.3, -0.25) is 4.79 Å². The summed E-state index contributed by atoms with van der Waals surface area (Å²) in [5.41, 5.74) is 0.790. The Bertz CT molecular complexity index is 668. The summed E-state index contributed by atoms with van der Waals surface area (Å²) in [5, 5.41) is 2.75. The number of hydrogen-bond acceptors (Lipinski definition) is 4. The predicted octanol–water partition coefficient (Wildman–Crippen LogP) is 2.87. The van der Waals surface area contributed by atoms with Gasteiger partial charge in [-0.2, -0.15) is 0 Å². The highest BCUT2D eigenvalue weighted by molar-refractivity contribution is 5.78. The molecule has 1 amide bonds. The van der Waals surface area contributed by atoms with Gasteiger partial charge in [0.1, 0.15) is 11.6 Å². The summed E-state index contributed by atoms with van der Waals surface area (Å²) in [4.78, 5) is 16.1. The fourth-order valence-electron chi connectivity index (χ4n) is 2.04. The largest absolute Gasteiger partial charge is 0.441 e. The maximum atomic E-state index is 13.8. The van der Waals surface area contributed by atoms with E-state index in [1.54, 1.807) is 25.1 Å². The highest BCUT2D eigenvalue weighted by Gasteiger charge is 2.16. The highest BCUT2D eigenvalue weighted by atomic mass is 19.1. The third kappa shape index (κ3) is 4.89. The molecule has 0 aliphatic heterocycles. The van der Waals surface area contributed by atoms with Crippen LogP contribution in [0.15, 0.2) is 28.7 Å². The normalized spacial score (nSPS) is 11.0. The Morgan fingerprint density at radius 1 is 1.39 bits per heavy atom. The molecule has 1 aromatic carbocycles. The minimum Gasteiger partial charge on any atom is -0.441 e. The minimum atomic E-state index is -0.407. The second kappa shape index (κ2) is 7.87. The summed E-state index contributed by atoms with van der Waals surface area (Å²) in [5.74, 6) is 0.118. The van der Waals surface area contributed by atoms with E-state index in [1.807, 2.05) is 13.8 Å². The minimum absolute atomic E-state index is 0.0888. The van der Waals surface area contributed by atoms with Crippen LogP contribution in [0.1, 0.15) is 25.3 Å². The molecule has 2 rings (SSSR count). The van der Waals surface area contributed by atoms with Gasteiger partial charge < -0.3 is 14.5 Å². The number of hydrogen-bond donors (Lipinski definition) is 1. The van der Waals surface area contributed by atoms with E-state index in [-0.39, 0.29) is 29.9 Å². The number of aryl methyl sites for hydroxylation is 1. The van der Waals surface area contributed by atoms with Gasteiger partial charge in [0.2, 0.25) is 11.8 Å². The van der Waals surface area contributed by atoms with E-state index < -0.39 is 5.82 Å². The van der Waals surface area contributed by atoms with Crippen LogP contribution < -0.4 is 5.32 Å². The van der Waals surface area contributed by atoms with E-state index in [2.05, 4.69) is 10.3 Å². The highest BCUT2D eigenvalue weighted by Crippen LogP contribution is 2.24. The summed E-state index contributed by atoms with van der Waals surface area (Å²) < 4.78 is 24.6. The summed E-state index contributed by atoms with van der Waals surface area (Å²) in [7, 11) is 0. The zero-order valence-corrected chi connectivity index (χ0v) is 13.6. The Hall–Kier alpha value is -2.21. The van der Waals surface area contributed by atoms with Crippen molar-refractivity contribution in [2.45, 2.75) is 33.3 Å². The van der Waals surface area contributed by atoms with Gasteiger partial charge >= 0.3 is 0 Å². The van der Waals surface area contributed by atoms with Crippen LogP contribution in [-0.4, -0.2) is 30.1 Å². The number of amides is 1. The first-order valence-corrected chi connectivity index (χ1v) is 7.57. The molecule has 2 aromatic rings. The van der Waals surface area contributed by atoms with Crippen LogP contribution >= 0.6 is 0 Å². The molecular weight excluding hydrogens is 299 g/mol. The van der Waals surface area contributed by atoms with Gasteiger partial charge in [0.25, 0.3) is 0 Å². The third-order valence-corrected chi connectivity index (χ3v) is 3.20. The molecule has 0 saturated carbocycles. The SMILES string of the molecule is Cc1oc(-c2ccccc2F)nc1CC(=O)NCCOC(C)C. The van der Waals surface area contributed by atoms with Crippen LogP contribution in [0, 0.1) is 12.7 Å². The van der Waals surface area contributed by atoms with Gasteiger partial charge in [-0.15, -0.1) is 0 Å². The number of nitrogens with one attached hydrogen (secondary N) is 1. The van der Waals surface area contributed by atoms with Crippen LogP contribution in [0.25, 0.3) is 11.5 Å². The molecule has 0 unspecified atom stereocenters. The lowest BCUT2D eigenvalue weighted by Crippen LogP contribution is -2.29. The molecule has 0 aliphatic carbocycles. The molecule has 5 nitrogen and oxygen atoms in total. The van der Waals surface area contributed by atoms with Crippen molar-refractivity contribution < 1.29 is 18.3 Å². The number of carbonyl (C=O) groups is 1. The molecule has 124 valence electrons. The second-order valence-corrected chi connectivity index (χ2v) is 5.45. The molecule has 0 saturated heterocycles. The number of rotatable bonds is 7. The van der Waals surface area contributed by atoms with Gasteiger partial charge in [-0.05, 0) is 32.9 Å². The number of carbonyl (C=O) groups excluding carboxylic acids is 1. The maximum Gasteiger partial charge on any atom is 0.229 e. The van der Waals surface area contributed by atoms with Crippen molar-refractivity contribution in [1.29, 1.82) is 0 Å². The van der Waals surface area contributed by atoms with Crippen molar-refractivity contribution in [3.8, 4) is 11.5 Å². The van der Waals surface area contributed by atoms with Crippen LogP contribution in [0.3, 0.4) is 0 Å². The van der Waals surface area contributed by atoms with Gasteiger partial charge in [0.05, 0.1) is 30.4 Å². The van der Waals surface area contributed by atoms with E-state index in [4.69, 9.17) is 9.15 Å². The standard InChI is InChI=1S/C17H21FN2O3/c1-11(2)22-9-8-19-16(21)10-15-12(3)23-17(20-15)13-6-4-5-7-14(13)18/h4-7,11H,8-10H2,1-3H3,(H,19,21). The van der Waals surface area contributed by atoms with Gasteiger partial charge in [0.15, 0.2) is 0 Å². The zero-order chi connectivity index (χ0) is 16.8. The van der Waals surface area contributed by atoms with Crippen LogP contribution in [-0.2, 0) is 16.0 Å². The molecule has 1 N–H and O–H groups in total. The third-order valence-electron chi connectivity index (χ3n) is 3.20. The molecule has 6 heteroatoms. The van der Waals surface area contributed by atoms with E-state index in [9.17, 15) is 9.18 Å². The number of halogens is 1. The Morgan fingerprint density at radius 2 is 2.13 bits per heavy atom. The average Bonchev–Trinajstić information content (AvgIpc) is 2.85. The first-order chi connectivity index (χ1) is 11.0. The summed E-state index contributed by atoms with van der Waals surface area (Å²) >= 11 is 0. The molecule has 1 aromatic heterocycles. The average molecular weight is 320 g/mol. The monoisotopic (exact) mass is 320 g/mol. The molecule has 23 heavy (non-hydrogen) atoms. The van der Waals surface area contributed by atoms with Crippen molar-refractivity contribution >= 4 is 5.91 Å². The van der Waals surface area contributed by atoms with Crippen molar-refractivity contribution in [3.63, 3.8) is 0 Å². The predicted molar refractivity (Wildman–Crippen MR) is 84.4 cm³/mol. The van der Waals surface area contributed by atoms with E-state index >= 15 is 0 Å². The van der Waals surface area contributed by atoms with Crippen LogP contribution in [0.4, 0.5) is 4.39 Å². The Labute approximate surface area is 134 Å². The molecule has 1 heterocycles. The number of benzene rings is 1. The van der Waals surface area contributed by atoms with Crippen molar-refractivity contribution in [1.82, 2.24) is 10.3 Å². The van der Waals surface area contributed by atoms with Crippen LogP contribution in [0.5, 0.6) is 0 Å². The fourth-order valence-corrected chi connectivity index (χ4v) is 2.04. The van der Waals surface area contributed by atoms with Gasteiger partial charge in [0, 0.05) is 6.54 Å². The molecule has 0 aliphatic rings. The maximum absolute atomic E-state index is 13.8. The number of aromatic nitrogens is 1. The zero-order valence-electron chi connectivity index (χ0n) is 13.6. The molecule has 0 radical (unpaired) electrons. The molecule has 0 fully saturated rings. The van der Waals surface area contributed by atoms with Crippen molar-refractivity contribution in [2.75, 3.05) is 13.2 Å². The summed E-state index contributed by atoms with van der Waals surface area (Å²) in [6, 6.07) is 6.24. The summed E-state index contributed by atoms with van der Waals surface area (Å²) in [6.45, 7) is 6.48.